The number of nitrogens with one attached hydrogen (secondary N) is 1. The third-order valence-electron chi connectivity index (χ3n) is 8.05. The topological polar surface area (TPSA) is 83.4 Å². The predicted molar refractivity (Wildman–Crippen MR) is 159 cm³/mol. The fourth-order valence-corrected chi connectivity index (χ4v) is 7.00. The molecule has 0 bridgehead atoms. The van der Waals surface area contributed by atoms with Crippen LogP contribution in [0.5, 0.6) is 0 Å². The molecule has 1 amide bonds. The summed E-state index contributed by atoms with van der Waals surface area (Å²) >= 11 is 6.00. The average molecular weight is 581 g/mol. The zero-order valence-corrected chi connectivity index (χ0v) is 24.2. The molecule has 4 aromatic rings. The van der Waals surface area contributed by atoms with Gasteiger partial charge in [0.05, 0.1) is 18.7 Å². The van der Waals surface area contributed by atoms with E-state index in [-0.39, 0.29) is 11.0 Å². The molecular formula is C30H33ClN4O4S. The van der Waals surface area contributed by atoms with E-state index in [2.05, 4.69) is 28.1 Å². The lowest BCUT2D eigenvalue weighted by Crippen LogP contribution is -2.37. The van der Waals surface area contributed by atoms with Crippen molar-refractivity contribution in [1.82, 2.24) is 19.5 Å². The van der Waals surface area contributed by atoms with Gasteiger partial charge in [-0.15, -0.1) is 0 Å². The molecule has 1 N–H and O–H groups in total. The predicted octanol–water partition coefficient (Wildman–Crippen LogP) is 3.18. The molecule has 0 aliphatic carbocycles. The molecule has 210 valence electrons. The third kappa shape index (κ3) is 5.53. The summed E-state index contributed by atoms with van der Waals surface area (Å²) in [5, 5.41) is 5.16. The lowest BCUT2D eigenvalue weighted by atomic mass is 10.0. The highest BCUT2D eigenvalue weighted by molar-refractivity contribution is 7.85. The number of carbonyl (C=O) groups excluding carboxylic acids is 1. The summed E-state index contributed by atoms with van der Waals surface area (Å²) in [7, 11) is -0.761. The van der Waals surface area contributed by atoms with Gasteiger partial charge in [0.25, 0.3) is 5.91 Å². The monoisotopic (exact) mass is 580 g/mol. The summed E-state index contributed by atoms with van der Waals surface area (Å²) < 4.78 is 19.5. The highest BCUT2D eigenvalue weighted by atomic mass is 35.5. The molecule has 2 aliphatic heterocycles. The molecule has 0 saturated carbocycles. The van der Waals surface area contributed by atoms with Gasteiger partial charge in [-0.05, 0) is 47.9 Å². The number of nitrogens with zero attached hydrogens (tertiary/aromatic N) is 3. The minimum atomic E-state index is -0.761. The van der Waals surface area contributed by atoms with Crippen molar-refractivity contribution in [3.63, 3.8) is 0 Å². The van der Waals surface area contributed by atoms with Crippen molar-refractivity contribution in [3.8, 4) is 0 Å². The molecule has 2 aromatic heterocycles. The Balaban J connectivity index is 1.41. The van der Waals surface area contributed by atoms with Crippen LogP contribution in [0.15, 0.2) is 47.4 Å². The van der Waals surface area contributed by atoms with E-state index < -0.39 is 16.7 Å². The molecule has 2 aliphatic rings. The normalized spacial score (nSPS) is 17.6. The second kappa shape index (κ2) is 11.6. The van der Waals surface area contributed by atoms with Crippen LogP contribution in [0, 0.1) is 6.92 Å². The second-order valence-corrected chi connectivity index (χ2v) is 12.8. The molecule has 0 atom stereocenters. The van der Waals surface area contributed by atoms with Crippen molar-refractivity contribution >= 4 is 44.6 Å². The maximum Gasteiger partial charge on any atom is 0.257 e. The first-order chi connectivity index (χ1) is 19.4. The number of benzene rings is 2. The number of amides is 1. The molecule has 40 heavy (non-hydrogen) atoms. The Hall–Kier alpha value is -2.82. The first kappa shape index (κ1) is 27.4. The highest BCUT2D eigenvalue weighted by Gasteiger charge is 2.24. The van der Waals surface area contributed by atoms with Crippen LogP contribution in [-0.2, 0) is 35.2 Å². The Morgan fingerprint density at radius 2 is 1.65 bits per heavy atom. The number of pyridine rings is 1. The van der Waals surface area contributed by atoms with E-state index in [1.54, 1.807) is 18.3 Å². The van der Waals surface area contributed by atoms with E-state index in [9.17, 15) is 13.8 Å². The molecule has 2 saturated heterocycles. The Morgan fingerprint density at radius 3 is 2.38 bits per heavy atom. The summed E-state index contributed by atoms with van der Waals surface area (Å²) in [5.74, 6) is 0.935. The van der Waals surface area contributed by atoms with Gasteiger partial charge in [0, 0.05) is 95.8 Å². The fourth-order valence-electron chi connectivity index (χ4n) is 5.75. The van der Waals surface area contributed by atoms with Crippen molar-refractivity contribution in [3.05, 3.63) is 85.8 Å². The molecule has 0 spiro atoms. The van der Waals surface area contributed by atoms with Gasteiger partial charge in [0.2, 0.25) is 5.43 Å². The van der Waals surface area contributed by atoms with Crippen molar-refractivity contribution in [1.29, 1.82) is 0 Å². The van der Waals surface area contributed by atoms with Gasteiger partial charge in [0.15, 0.2) is 0 Å². The van der Waals surface area contributed by atoms with Gasteiger partial charge in [-0.3, -0.25) is 23.6 Å². The highest BCUT2D eigenvalue weighted by Crippen LogP contribution is 2.31. The lowest BCUT2D eigenvalue weighted by Gasteiger charge is -2.26. The molecule has 0 radical (unpaired) electrons. The summed E-state index contributed by atoms with van der Waals surface area (Å²) in [6.45, 7) is 8.41. The molecule has 2 aromatic carbocycles. The van der Waals surface area contributed by atoms with Crippen LogP contribution in [0.4, 0.5) is 0 Å². The van der Waals surface area contributed by atoms with Crippen LogP contribution < -0.4 is 10.7 Å². The van der Waals surface area contributed by atoms with Crippen LogP contribution in [0.2, 0.25) is 5.02 Å². The quantitative estimate of drug-likeness (QED) is 0.362. The number of rotatable bonds is 7. The number of hydrogen-bond acceptors (Lipinski definition) is 6. The molecular weight excluding hydrogens is 548 g/mol. The van der Waals surface area contributed by atoms with Gasteiger partial charge < -0.3 is 14.5 Å². The number of ether oxygens (including phenoxy) is 1. The Kier molecular flexibility index (Phi) is 7.92. The number of halogens is 1. The minimum absolute atomic E-state index is 0.128. The van der Waals surface area contributed by atoms with Crippen LogP contribution in [-0.4, -0.2) is 75.2 Å². The molecule has 8 nitrogen and oxygen atoms in total. The molecule has 10 heteroatoms. The first-order valence-electron chi connectivity index (χ1n) is 13.7. The van der Waals surface area contributed by atoms with E-state index in [0.717, 1.165) is 66.0 Å². The molecule has 4 heterocycles. The third-order valence-corrected chi connectivity index (χ3v) is 9.58. The largest absolute Gasteiger partial charge is 0.379 e. The number of morpholine rings is 1. The standard InChI is InChI=1S/C30H33ClN4O4S/c1-20-24-14-22(17-33-6-10-39-11-7-33)15-25-28(24)35(27(20)19-34-8-12-40(38)13-9-34)18-26(29(25)36)30(37)32-16-21-2-4-23(31)5-3-21/h2-5,14-15,18H,6-13,16-17,19H2,1H3,(H,32,37). The Labute approximate surface area is 240 Å². The molecule has 6 rings (SSSR count). The lowest BCUT2D eigenvalue weighted by molar-refractivity contribution is 0.0342. The van der Waals surface area contributed by atoms with Crippen molar-refractivity contribution in [2.45, 2.75) is 26.6 Å². The van der Waals surface area contributed by atoms with Crippen molar-refractivity contribution in [2.75, 3.05) is 50.9 Å². The second-order valence-electron chi connectivity index (χ2n) is 10.7. The number of hydrogen-bond donors (Lipinski definition) is 1. The zero-order chi connectivity index (χ0) is 27.8. The fraction of sp³-hybridized carbons (Fsp3) is 0.400. The zero-order valence-electron chi connectivity index (χ0n) is 22.6. The molecule has 2 fully saturated rings. The van der Waals surface area contributed by atoms with Crippen molar-refractivity contribution in [2.24, 2.45) is 0 Å². The van der Waals surface area contributed by atoms with Crippen molar-refractivity contribution < 1.29 is 13.7 Å². The van der Waals surface area contributed by atoms with Gasteiger partial charge in [-0.25, -0.2) is 0 Å². The maximum atomic E-state index is 13.9. The van der Waals surface area contributed by atoms with Gasteiger partial charge in [0.1, 0.15) is 5.56 Å². The van der Waals surface area contributed by atoms with E-state index in [1.807, 2.05) is 22.6 Å². The summed E-state index contributed by atoms with van der Waals surface area (Å²) in [6.07, 6.45) is 1.71. The molecule has 0 unspecified atom stereocenters. The summed E-state index contributed by atoms with van der Waals surface area (Å²) in [4.78, 5) is 31.9. The van der Waals surface area contributed by atoms with Crippen LogP contribution in [0.3, 0.4) is 0 Å². The number of aromatic nitrogens is 1. The van der Waals surface area contributed by atoms with Gasteiger partial charge in [-0.1, -0.05) is 23.7 Å². The van der Waals surface area contributed by atoms with E-state index in [0.29, 0.717) is 48.2 Å². The maximum absolute atomic E-state index is 13.9. The van der Waals surface area contributed by atoms with Crippen LogP contribution in [0.25, 0.3) is 16.3 Å². The summed E-state index contributed by atoms with van der Waals surface area (Å²) in [5.41, 5.74) is 4.85. The van der Waals surface area contributed by atoms with Crippen LogP contribution >= 0.6 is 11.6 Å². The Morgan fingerprint density at radius 1 is 0.975 bits per heavy atom. The number of aryl methyl sites for hydroxylation is 1. The van der Waals surface area contributed by atoms with E-state index >= 15 is 0 Å². The van der Waals surface area contributed by atoms with E-state index in [1.165, 1.54) is 0 Å². The summed E-state index contributed by atoms with van der Waals surface area (Å²) in [6, 6.07) is 11.4. The average Bonchev–Trinajstić information content (AvgIpc) is 3.22. The number of carbonyl (C=O) groups is 1. The Bertz CT molecular complexity index is 1620. The minimum Gasteiger partial charge on any atom is -0.379 e. The van der Waals surface area contributed by atoms with Crippen LogP contribution in [0.1, 0.15) is 32.7 Å². The van der Waals surface area contributed by atoms with E-state index in [4.69, 9.17) is 16.3 Å². The van der Waals surface area contributed by atoms with Gasteiger partial charge >= 0.3 is 0 Å². The smallest absolute Gasteiger partial charge is 0.257 e. The SMILES string of the molecule is Cc1c(CN2CCS(=O)CC2)n2cc(C(=O)NCc3ccc(Cl)cc3)c(=O)c3cc(CN4CCOCC4)cc1c32. The first-order valence-corrected chi connectivity index (χ1v) is 15.6. The van der Waals surface area contributed by atoms with Gasteiger partial charge in [-0.2, -0.15) is 0 Å².